The molecule has 0 radical (unpaired) electrons. The average molecular weight is 469 g/mol. The number of nitrogens with zero attached hydrogens (tertiary/aromatic N) is 3. The second-order valence-electron chi connectivity index (χ2n) is 7.06. The smallest absolute Gasteiger partial charge is 0.319 e. The van der Waals surface area contributed by atoms with Crippen LogP contribution in [-0.4, -0.2) is 28.2 Å². The van der Waals surface area contributed by atoms with Crippen molar-refractivity contribution >= 4 is 45.7 Å². The lowest BCUT2D eigenvalue weighted by atomic mass is 9.98. The number of aromatic nitrogens is 2. The molecule has 8 nitrogen and oxygen atoms in total. The van der Waals surface area contributed by atoms with Crippen LogP contribution < -0.4 is 16.0 Å². The first-order valence-corrected chi connectivity index (χ1v) is 11.1. The molecule has 2 atom stereocenters. The van der Waals surface area contributed by atoms with E-state index in [9.17, 15) is 9.59 Å². The molecule has 0 spiro atoms. The summed E-state index contributed by atoms with van der Waals surface area (Å²) in [5, 5.41) is 26.8. The second kappa shape index (κ2) is 10.7. The lowest BCUT2D eigenvalue weighted by molar-refractivity contribution is -0.119. The first kappa shape index (κ1) is 23.2. The molecule has 0 bridgehead atoms. The molecule has 3 amide bonds. The third kappa shape index (κ3) is 6.03. The van der Waals surface area contributed by atoms with Gasteiger partial charge in [0, 0.05) is 16.3 Å². The Labute approximate surface area is 194 Å². The van der Waals surface area contributed by atoms with Crippen molar-refractivity contribution in [3.63, 3.8) is 0 Å². The Kier molecular flexibility index (Phi) is 7.76. The molecular formula is C22H21ClN6O2S. The third-order valence-electron chi connectivity index (χ3n) is 4.80. The van der Waals surface area contributed by atoms with Crippen molar-refractivity contribution in [2.24, 2.45) is 5.92 Å². The molecule has 1 heterocycles. The number of hydrogen-bond donors (Lipinski definition) is 3. The van der Waals surface area contributed by atoms with Crippen molar-refractivity contribution in [3.8, 4) is 16.6 Å². The molecule has 0 saturated carbocycles. The summed E-state index contributed by atoms with van der Waals surface area (Å²) in [6.45, 7) is 3.82. The molecule has 3 N–H and O–H groups in total. The number of urea groups is 1. The van der Waals surface area contributed by atoms with Crippen molar-refractivity contribution in [3.05, 3.63) is 59.1 Å². The Balaban J connectivity index is 1.66. The number of amides is 3. The normalized spacial score (nSPS) is 12.3. The van der Waals surface area contributed by atoms with Gasteiger partial charge in [-0.05, 0) is 42.3 Å². The van der Waals surface area contributed by atoms with Crippen LogP contribution in [0.3, 0.4) is 0 Å². The Hall–Kier alpha value is -3.48. The Bertz CT molecular complexity index is 1120. The monoisotopic (exact) mass is 468 g/mol. The minimum absolute atomic E-state index is 0.120. The lowest BCUT2D eigenvalue weighted by Gasteiger charge is -2.23. The summed E-state index contributed by atoms with van der Waals surface area (Å²) < 4.78 is 0. The molecule has 3 aromatic rings. The second-order valence-corrected chi connectivity index (χ2v) is 8.47. The number of nitriles is 1. The fourth-order valence-corrected chi connectivity index (χ4v) is 3.68. The van der Waals surface area contributed by atoms with Crippen LogP contribution in [0.25, 0.3) is 10.6 Å². The third-order valence-corrected chi connectivity index (χ3v) is 5.94. The first-order valence-electron chi connectivity index (χ1n) is 9.87. The SMILES string of the molecule is CC[C@H](C)[C@@H](NC(=O)Nc1ccc(C#N)cc1)C(=O)Nc1nnc(-c2ccc(Cl)cc2)s1. The van der Waals surface area contributed by atoms with E-state index in [-0.39, 0.29) is 11.8 Å². The maximum atomic E-state index is 12.9. The highest BCUT2D eigenvalue weighted by Crippen LogP contribution is 2.27. The Morgan fingerprint density at radius 1 is 1.09 bits per heavy atom. The van der Waals surface area contributed by atoms with Gasteiger partial charge in [0.25, 0.3) is 0 Å². The quantitative estimate of drug-likeness (QED) is 0.455. The zero-order valence-electron chi connectivity index (χ0n) is 17.4. The van der Waals surface area contributed by atoms with Crippen LogP contribution in [0.4, 0.5) is 15.6 Å². The summed E-state index contributed by atoms with van der Waals surface area (Å²) in [4.78, 5) is 25.4. The first-order chi connectivity index (χ1) is 15.4. The van der Waals surface area contributed by atoms with Crippen LogP contribution in [0, 0.1) is 17.2 Å². The van der Waals surface area contributed by atoms with Crippen LogP contribution in [0.2, 0.25) is 5.02 Å². The summed E-state index contributed by atoms with van der Waals surface area (Å²) in [5.74, 6) is -0.501. The number of anilines is 2. The van der Waals surface area contributed by atoms with E-state index < -0.39 is 12.1 Å². The summed E-state index contributed by atoms with van der Waals surface area (Å²) in [5.41, 5.74) is 1.84. The minimum atomic E-state index is -0.777. The van der Waals surface area contributed by atoms with Gasteiger partial charge in [-0.15, -0.1) is 10.2 Å². The predicted molar refractivity (Wildman–Crippen MR) is 126 cm³/mol. The van der Waals surface area contributed by atoms with E-state index in [4.69, 9.17) is 16.9 Å². The van der Waals surface area contributed by atoms with Gasteiger partial charge in [-0.25, -0.2) is 4.79 Å². The molecule has 3 rings (SSSR count). The van der Waals surface area contributed by atoms with Crippen LogP contribution in [-0.2, 0) is 4.79 Å². The van der Waals surface area contributed by atoms with Crippen molar-refractivity contribution in [1.29, 1.82) is 5.26 Å². The number of halogens is 1. The van der Waals surface area contributed by atoms with Crippen molar-refractivity contribution in [2.45, 2.75) is 26.3 Å². The number of hydrogen-bond acceptors (Lipinski definition) is 6. The number of carbonyl (C=O) groups is 2. The fraction of sp³-hybridized carbons (Fsp3) is 0.227. The maximum absolute atomic E-state index is 12.9. The fourth-order valence-electron chi connectivity index (χ4n) is 2.80. The van der Waals surface area contributed by atoms with Gasteiger partial charge in [-0.1, -0.05) is 55.3 Å². The predicted octanol–water partition coefficient (Wildman–Crippen LogP) is 4.91. The summed E-state index contributed by atoms with van der Waals surface area (Å²) in [7, 11) is 0. The molecular weight excluding hydrogens is 448 g/mol. The Morgan fingerprint density at radius 2 is 1.78 bits per heavy atom. The van der Waals surface area contributed by atoms with Crippen LogP contribution in [0.5, 0.6) is 0 Å². The molecule has 0 aliphatic rings. The number of rotatable bonds is 7. The molecule has 0 saturated heterocycles. The lowest BCUT2D eigenvalue weighted by Crippen LogP contribution is -2.49. The molecule has 1 aromatic heterocycles. The van der Waals surface area contributed by atoms with Crippen molar-refractivity contribution in [1.82, 2.24) is 15.5 Å². The minimum Gasteiger partial charge on any atom is -0.326 e. The molecule has 0 aliphatic heterocycles. The molecule has 164 valence electrons. The van der Waals surface area contributed by atoms with E-state index in [0.29, 0.717) is 32.8 Å². The van der Waals surface area contributed by atoms with E-state index in [1.807, 2.05) is 32.0 Å². The molecule has 2 aromatic carbocycles. The van der Waals surface area contributed by atoms with E-state index in [2.05, 4.69) is 26.1 Å². The van der Waals surface area contributed by atoms with Crippen molar-refractivity contribution < 1.29 is 9.59 Å². The molecule has 0 fully saturated rings. The van der Waals surface area contributed by atoms with Gasteiger partial charge in [0.05, 0.1) is 11.6 Å². The highest BCUT2D eigenvalue weighted by atomic mass is 35.5. The largest absolute Gasteiger partial charge is 0.326 e. The van der Waals surface area contributed by atoms with Gasteiger partial charge in [-0.2, -0.15) is 5.26 Å². The average Bonchev–Trinajstić information content (AvgIpc) is 3.26. The van der Waals surface area contributed by atoms with Crippen molar-refractivity contribution in [2.75, 3.05) is 10.6 Å². The van der Waals surface area contributed by atoms with Gasteiger partial charge in [0.1, 0.15) is 11.0 Å². The van der Waals surface area contributed by atoms with Gasteiger partial charge in [-0.3, -0.25) is 10.1 Å². The van der Waals surface area contributed by atoms with Gasteiger partial charge >= 0.3 is 6.03 Å². The molecule has 10 heteroatoms. The van der Waals surface area contributed by atoms with Crippen LogP contribution in [0.15, 0.2) is 48.5 Å². The molecule has 0 aliphatic carbocycles. The van der Waals surface area contributed by atoms with E-state index in [1.54, 1.807) is 36.4 Å². The topological polar surface area (TPSA) is 120 Å². The summed E-state index contributed by atoms with van der Waals surface area (Å²) in [6, 6.07) is 14.3. The number of benzene rings is 2. The Morgan fingerprint density at radius 3 is 2.41 bits per heavy atom. The highest BCUT2D eigenvalue weighted by Gasteiger charge is 2.27. The van der Waals surface area contributed by atoms with E-state index in [0.717, 1.165) is 5.56 Å². The van der Waals surface area contributed by atoms with Crippen LogP contribution in [0.1, 0.15) is 25.8 Å². The summed E-state index contributed by atoms with van der Waals surface area (Å²) in [6.07, 6.45) is 0.682. The van der Waals surface area contributed by atoms with Crippen LogP contribution >= 0.6 is 22.9 Å². The standard InChI is InChI=1S/C22H21ClN6O2S/c1-3-13(2)18(26-21(31)25-17-10-4-14(12-24)5-11-17)19(30)27-22-29-28-20(32-22)15-6-8-16(23)9-7-15/h4-11,13,18H,3H2,1-2H3,(H2,25,26,31)(H,27,29,30)/t13-,18+/m0/s1. The number of nitrogens with one attached hydrogen (secondary N) is 3. The molecule has 0 unspecified atom stereocenters. The van der Waals surface area contributed by atoms with Gasteiger partial charge in [0.15, 0.2) is 0 Å². The van der Waals surface area contributed by atoms with E-state index >= 15 is 0 Å². The van der Waals surface area contributed by atoms with Gasteiger partial charge in [0.2, 0.25) is 11.0 Å². The zero-order chi connectivity index (χ0) is 23.1. The maximum Gasteiger partial charge on any atom is 0.319 e. The van der Waals surface area contributed by atoms with Gasteiger partial charge < -0.3 is 10.6 Å². The number of carbonyl (C=O) groups excluding carboxylic acids is 2. The molecule has 32 heavy (non-hydrogen) atoms. The van der Waals surface area contributed by atoms with E-state index in [1.165, 1.54) is 11.3 Å². The summed E-state index contributed by atoms with van der Waals surface area (Å²) >= 11 is 7.15. The highest BCUT2D eigenvalue weighted by molar-refractivity contribution is 7.18. The zero-order valence-corrected chi connectivity index (χ0v) is 19.0.